The van der Waals surface area contributed by atoms with Crippen LogP contribution in [0.3, 0.4) is 0 Å². The molecule has 1 saturated heterocycles. The van der Waals surface area contributed by atoms with Crippen LogP contribution in [0.1, 0.15) is 10.6 Å². The largest absolute Gasteiger partial charge is 0.459 e. The highest BCUT2D eigenvalue weighted by Crippen LogP contribution is 2.22. The van der Waals surface area contributed by atoms with Crippen LogP contribution < -0.4 is 5.76 Å². The molecular formula is C16H15N3O6S. The van der Waals surface area contributed by atoms with Crippen molar-refractivity contribution in [2.75, 3.05) is 26.2 Å². The Bertz CT molecular complexity index is 1100. The molecule has 4 rings (SSSR count). The molecule has 0 atom stereocenters. The molecule has 0 saturated carbocycles. The van der Waals surface area contributed by atoms with E-state index in [0.29, 0.717) is 11.1 Å². The number of rotatable bonds is 3. The zero-order valence-corrected chi connectivity index (χ0v) is 14.4. The van der Waals surface area contributed by atoms with Gasteiger partial charge in [0.25, 0.3) is 5.91 Å². The monoisotopic (exact) mass is 377 g/mol. The number of nitrogens with one attached hydrogen (secondary N) is 1. The molecule has 26 heavy (non-hydrogen) atoms. The number of H-pyrrole nitrogens is 1. The van der Waals surface area contributed by atoms with Gasteiger partial charge in [0, 0.05) is 26.2 Å². The van der Waals surface area contributed by atoms with Gasteiger partial charge in [0.15, 0.2) is 11.3 Å². The Labute approximate surface area is 147 Å². The van der Waals surface area contributed by atoms with E-state index < -0.39 is 15.8 Å². The second-order valence-electron chi connectivity index (χ2n) is 5.85. The van der Waals surface area contributed by atoms with Crippen molar-refractivity contribution in [2.24, 2.45) is 0 Å². The van der Waals surface area contributed by atoms with E-state index in [1.54, 1.807) is 17.0 Å². The molecule has 2 aromatic heterocycles. The highest BCUT2D eigenvalue weighted by atomic mass is 32.2. The van der Waals surface area contributed by atoms with E-state index in [4.69, 9.17) is 8.83 Å². The summed E-state index contributed by atoms with van der Waals surface area (Å²) in [4.78, 5) is 27.5. The fraction of sp³-hybridized carbons (Fsp3) is 0.250. The Morgan fingerprint density at radius 3 is 2.58 bits per heavy atom. The maximum atomic E-state index is 12.8. The third-order valence-corrected chi connectivity index (χ3v) is 6.18. The Hall–Kier alpha value is -2.85. The summed E-state index contributed by atoms with van der Waals surface area (Å²) in [5.74, 6) is -0.667. The molecule has 3 heterocycles. The molecule has 10 heteroatoms. The first-order valence-corrected chi connectivity index (χ1v) is 9.35. The Balaban J connectivity index is 1.52. The average Bonchev–Trinajstić information content (AvgIpc) is 3.29. The summed E-state index contributed by atoms with van der Waals surface area (Å²) in [5.41, 5.74) is 0.616. The van der Waals surface area contributed by atoms with E-state index in [9.17, 15) is 18.0 Å². The zero-order chi connectivity index (χ0) is 18.3. The Morgan fingerprint density at radius 1 is 1.12 bits per heavy atom. The van der Waals surface area contributed by atoms with Crippen LogP contribution in [-0.4, -0.2) is 54.7 Å². The fourth-order valence-electron chi connectivity index (χ4n) is 2.93. The van der Waals surface area contributed by atoms with Crippen molar-refractivity contribution in [3.8, 4) is 0 Å². The number of carbonyl (C=O) groups is 1. The number of nitrogens with zero attached hydrogens (tertiary/aromatic N) is 2. The molecule has 1 aliphatic heterocycles. The van der Waals surface area contributed by atoms with Gasteiger partial charge in [-0.1, -0.05) is 0 Å². The van der Waals surface area contributed by atoms with Crippen LogP contribution in [0.5, 0.6) is 0 Å². The van der Waals surface area contributed by atoms with E-state index >= 15 is 0 Å². The van der Waals surface area contributed by atoms with Gasteiger partial charge in [-0.05, 0) is 30.3 Å². The molecule has 1 N–H and O–H groups in total. The smallest absolute Gasteiger partial charge is 0.417 e. The zero-order valence-electron chi connectivity index (χ0n) is 13.5. The molecule has 136 valence electrons. The molecule has 1 amide bonds. The van der Waals surface area contributed by atoms with Crippen LogP contribution in [0, 0.1) is 0 Å². The predicted octanol–water partition coefficient (Wildman–Crippen LogP) is 0.861. The van der Waals surface area contributed by atoms with Crippen molar-refractivity contribution < 1.29 is 22.0 Å². The number of hydrogen-bond donors (Lipinski definition) is 1. The quantitative estimate of drug-likeness (QED) is 0.724. The van der Waals surface area contributed by atoms with E-state index in [1.807, 2.05) is 0 Å². The number of oxazole rings is 1. The van der Waals surface area contributed by atoms with Crippen molar-refractivity contribution in [2.45, 2.75) is 4.90 Å². The third-order valence-electron chi connectivity index (χ3n) is 4.29. The van der Waals surface area contributed by atoms with Crippen LogP contribution in [0.15, 0.2) is 55.1 Å². The summed E-state index contributed by atoms with van der Waals surface area (Å²) >= 11 is 0. The maximum absolute atomic E-state index is 12.8. The maximum Gasteiger partial charge on any atom is 0.417 e. The molecular weight excluding hydrogens is 362 g/mol. The van der Waals surface area contributed by atoms with Crippen LogP contribution in [0.25, 0.3) is 11.1 Å². The first kappa shape index (κ1) is 16.6. The van der Waals surface area contributed by atoms with E-state index in [2.05, 4.69) is 4.98 Å². The van der Waals surface area contributed by atoms with Crippen LogP contribution in [0.2, 0.25) is 0 Å². The Kier molecular flexibility index (Phi) is 3.93. The lowest BCUT2D eigenvalue weighted by Crippen LogP contribution is -2.50. The summed E-state index contributed by atoms with van der Waals surface area (Å²) in [6.07, 6.45) is 1.42. The van der Waals surface area contributed by atoms with Gasteiger partial charge in [-0.3, -0.25) is 9.78 Å². The second-order valence-corrected chi connectivity index (χ2v) is 7.78. The van der Waals surface area contributed by atoms with Crippen molar-refractivity contribution >= 4 is 27.0 Å². The summed E-state index contributed by atoms with van der Waals surface area (Å²) in [6.45, 7) is 0.885. The van der Waals surface area contributed by atoms with Gasteiger partial charge in [-0.15, -0.1) is 0 Å². The van der Waals surface area contributed by atoms with E-state index in [-0.39, 0.29) is 42.7 Å². The van der Waals surface area contributed by atoms with Crippen LogP contribution >= 0.6 is 0 Å². The number of sulfonamides is 1. The lowest BCUT2D eigenvalue weighted by molar-refractivity contribution is 0.0666. The number of benzene rings is 1. The lowest BCUT2D eigenvalue weighted by Gasteiger charge is -2.33. The molecule has 0 unspecified atom stereocenters. The normalized spacial score (nSPS) is 16.2. The van der Waals surface area contributed by atoms with Gasteiger partial charge >= 0.3 is 5.76 Å². The Morgan fingerprint density at radius 2 is 1.88 bits per heavy atom. The fourth-order valence-corrected chi connectivity index (χ4v) is 4.38. The number of aromatic nitrogens is 1. The van der Waals surface area contributed by atoms with Gasteiger partial charge < -0.3 is 13.7 Å². The van der Waals surface area contributed by atoms with Crippen LogP contribution in [0.4, 0.5) is 0 Å². The number of piperazine rings is 1. The van der Waals surface area contributed by atoms with Crippen LogP contribution in [-0.2, 0) is 10.0 Å². The van der Waals surface area contributed by atoms with Gasteiger partial charge in [0.2, 0.25) is 10.0 Å². The van der Waals surface area contributed by atoms with Gasteiger partial charge in [0.1, 0.15) is 0 Å². The summed E-state index contributed by atoms with van der Waals surface area (Å²) < 4.78 is 36.9. The van der Waals surface area contributed by atoms with E-state index in [1.165, 1.54) is 28.8 Å². The van der Waals surface area contributed by atoms with Crippen molar-refractivity contribution in [3.05, 3.63) is 52.9 Å². The minimum absolute atomic E-state index is 0.0628. The SMILES string of the molecule is O=C(c1ccco1)N1CCN(S(=O)(=O)c2ccc3oc(=O)[nH]c3c2)CC1. The molecule has 1 aliphatic rings. The minimum Gasteiger partial charge on any atom is -0.459 e. The molecule has 0 spiro atoms. The number of carbonyl (C=O) groups excluding carboxylic acids is 1. The van der Waals surface area contributed by atoms with Gasteiger partial charge in [-0.2, -0.15) is 4.31 Å². The first-order valence-electron chi connectivity index (χ1n) is 7.91. The summed E-state index contributed by atoms with van der Waals surface area (Å²) in [5, 5.41) is 0. The summed E-state index contributed by atoms with van der Waals surface area (Å²) in [6, 6.07) is 7.41. The average molecular weight is 377 g/mol. The van der Waals surface area contributed by atoms with E-state index in [0.717, 1.165) is 0 Å². The molecule has 0 bridgehead atoms. The van der Waals surface area contributed by atoms with Gasteiger partial charge in [0.05, 0.1) is 16.7 Å². The molecule has 9 nitrogen and oxygen atoms in total. The van der Waals surface area contributed by atoms with Crippen molar-refractivity contribution in [1.29, 1.82) is 0 Å². The minimum atomic E-state index is -3.74. The number of amides is 1. The highest BCUT2D eigenvalue weighted by Gasteiger charge is 2.31. The molecule has 1 fully saturated rings. The second kappa shape index (κ2) is 6.15. The highest BCUT2D eigenvalue weighted by molar-refractivity contribution is 7.89. The van der Waals surface area contributed by atoms with Gasteiger partial charge in [-0.25, -0.2) is 13.2 Å². The number of hydrogen-bond acceptors (Lipinski definition) is 6. The first-order chi connectivity index (χ1) is 12.4. The number of furan rings is 1. The molecule has 1 aromatic carbocycles. The van der Waals surface area contributed by atoms with Crippen molar-refractivity contribution in [1.82, 2.24) is 14.2 Å². The lowest BCUT2D eigenvalue weighted by atomic mass is 10.3. The summed E-state index contributed by atoms with van der Waals surface area (Å²) in [7, 11) is -3.74. The topological polar surface area (TPSA) is 117 Å². The predicted molar refractivity (Wildman–Crippen MR) is 90.2 cm³/mol. The molecule has 0 aliphatic carbocycles. The molecule has 3 aromatic rings. The number of aromatic amines is 1. The number of fused-ring (bicyclic) bond motifs is 1. The molecule has 0 radical (unpaired) electrons. The standard InChI is InChI=1S/C16H15N3O6S/c20-15(14-2-1-9-24-14)18-5-7-19(8-6-18)26(22,23)11-3-4-13-12(10-11)17-16(21)25-13/h1-4,9-10H,5-8H2,(H,17,21). The third kappa shape index (κ3) is 2.82. The van der Waals surface area contributed by atoms with Crippen molar-refractivity contribution in [3.63, 3.8) is 0 Å².